The Labute approximate surface area is 98.7 Å². The van der Waals surface area contributed by atoms with E-state index >= 15 is 0 Å². The van der Waals surface area contributed by atoms with E-state index in [1.54, 1.807) is 0 Å². The van der Waals surface area contributed by atoms with E-state index < -0.39 is 5.97 Å². The molecular formula is C14H24O2. The number of aliphatic carboxylic acids is 1. The van der Waals surface area contributed by atoms with Crippen LogP contribution in [0.3, 0.4) is 0 Å². The van der Waals surface area contributed by atoms with Gasteiger partial charge in [0.1, 0.15) is 0 Å². The van der Waals surface area contributed by atoms with Crippen molar-refractivity contribution < 1.29 is 9.90 Å². The van der Waals surface area contributed by atoms with Crippen molar-refractivity contribution in [2.45, 2.75) is 58.3 Å². The highest BCUT2D eigenvalue weighted by atomic mass is 16.4. The molecule has 16 heavy (non-hydrogen) atoms. The summed E-state index contributed by atoms with van der Waals surface area (Å²) in [5.41, 5.74) is 0. The van der Waals surface area contributed by atoms with Crippen molar-refractivity contribution >= 4 is 5.97 Å². The standard InChI is InChI=1S/C14H24O2/c1-2-3-4-7-12-8-5-10-13(14(15)16)11-6-9-12/h5,8,12-13H,2-4,6-7,9-11H2,1H3,(H,15,16). The molecule has 1 rings (SSSR count). The van der Waals surface area contributed by atoms with Crippen molar-refractivity contribution in [1.29, 1.82) is 0 Å². The highest BCUT2D eigenvalue weighted by molar-refractivity contribution is 5.70. The van der Waals surface area contributed by atoms with E-state index in [1.807, 2.05) is 0 Å². The molecule has 92 valence electrons. The Kier molecular flexibility index (Phi) is 6.20. The maximum atomic E-state index is 10.9. The smallest absolute Gasteiger partial charge is 0.306 e. The molecule has 0 aromatic carbocycles. The van der Waals surface area contributed by atoms with Crippen molar-refractivity contribution in [2.75, 3.05) is 0 Å². The zero-order chi connectivity index (χ0) is 11.8. The van der Waals surface area contributed by atoms with Gasteiger partial charge in [-0.2, -0.15) is 0 Å². The largest absolute Gasteiger partial charge is 0.481 e. The van der Waals surface area contributed by atoms with Crippen LogP contribution in [-0.2, 0) is 4.79 Å². The van der Waals surface area contributed by atoms with E-state index in [2.05, 4.69) is 19.1 Å². The number of carbonyl (C=O) groups is 1. The Balaban J connectivity index is 2.33. The van der Waals surface area contributed by atoms with Gasteiger partial charge in [-0.05, 0) is 31.6 Å². The third-order valence-corrected chi connectivity index (χ3v) is 3.48. The molecule has 0 spiro atoms. The summed E-state index contributed by atoms with van der Waals surface area (Å²) >= 11 is 0. The average Bonchev–Trinajstić information content (AvgIpc) is 2.20. The first kappa shape index (κ1) is 13.3. The van der Waals surface area contributed by atoms with Crippen LogP contribution in [0.25, 0.3) is 0 Å². The number of hydrogen-bond acceptors (Lipinski definition) is 1. The molecule has 0 radical (unpaired) electrons. The van der Waals surface area contributed by atoms with Crippen molar-refractivity contribution in [3.8, 4) is 0 Å². The molecule has 0 aromatic rings. The first-order valence-corrected chi connectivity index (χ1v) is 6.63. The Morgan fingerprint density at radius 3 is 2.88 bits per heavy atom. The molecule has 2 heteroatoms. The Morgan fingerprint density at radius 1 is 1.38 bits per heavy atom. The zero-order valence-corrected chi connectivity index (χ0v) is 10.3. The van der Waals surface area contributed by atoms with E-state index in [0.29, 0.717) is 5.92 Å². The number of hydrogen-bond donors (Lipinski definition) is 1. The van der Waals surface area contributed by atoms with Gasteiger partial charge >= 0.3 is 5.97 Å². The highest BCUT2D eigenvalue weighted by Crippen LogP contribution is 2.24. The molecule has 0 saturated carbocycles. The predicted octanol–water partition coefficient (Wildman–Crippen LogP) is 4.01. The molecule has 2 atom stereocenters. The van der Waals surface area contributed by atoms with Crippen molar-refractivity contribution in [1.82, 2.24) is 0 Å². The second-order valence-corrected chi connectivity index (χ2v) is 4.89. The number of unbranched alkanes of at least 4 members (excludes halogenated alkanes) is 2. The molecule has 1 N–H and O–H groups in total. The van der Waals surface area contributed by atoms with Crippen molar-refractivity contribution in [3.05, 3.63) is 12.2 Å². The van der Waals surface area contributed by atoms with Gasteiger partial charge in [-0.1, -0.05) is 44.8 Å². The van der Waals surface area contributed by atoms with Crippen LogP contribution in [0.5, 0.6) is 0 Å². The topological polar surface area (TPSA) is 37.3 Å². The highest BCUT2D eigenvalue weighted by Gasteiger charge is 2.18. The van der Waals surface area contributed by atoms with Crippen LogP contribution in [0.1, 0.15) is 58.3 Å². The lowest BCUT2D eigenvalue weighted by Gasteiger charge is -2.18. The van der Waals surface area contributed by atoms with Crippen molar-refractivity contribution in [3.63, 3.8) is 0 Å². The molecule has 0 aromatic heterocycles. The Bertz CT molecular complexity index is 233. The molecule has 0 saturated heterocycles. The summed E-state index contributed by atoms with van der Waals surface area (Å²) in [6, 6.07) is 0. The summed E-state index contributed by atoms with van der Waals surface area (Å²) in [4.78, 5) is 10.9. The normalized spacial score (nSPS) is 26.1. The zero-order valence-electron chi connectivity index (χ0n) is 10.3. The Hall–Kier alpha value is -0.790. The first-order chi connectivity index (χ1) is 7.74. The molecular weight excluding hydrogens is 200 g/mol. The summed E-state index contributed by atoms with van der Waals surface area (Å²) in [5.74, 6) is -0.0804. The van der Waals surface area contributed by atoms with Gasteiger partial charge < -0.3 is 5.11 Å². The minimum Gasteiger partial charge on any atom is -0.481 e. The first-order valence-electron chi connectivity index (χ1n) is 6.63. The van der Waals surface area contributed by atoms with Gasteiger partial charge in [0.05, 0.1) is 5.92 Å². The lowest BCUT2D eigenvalue weighted by molar-refractivity contribution is -0.141. The Morgan fingerprint density at radius 2 is 2.19 bits per heavy atom. The van der Waals surface area contributed by atoms with Gasteiger partial charge in [-0.25, -0.2) is 0 Å². The quantitative estimate of drug-likeness (QED) is 0.566. The predicted molar refractivity (Wildman–Crippen MR) is 66.4 cm³/mol. The van der Waals surface area contributed by atoms with Gasteiger partial charge in [0.25, 0.3) is 0 Å². The lowest BCUT2D eigenvalue weighted by atomic mass is 9.88. The van der Waals surface area contributed by atoms with Gasteiger partial charge in [-0.3, -0.25) is 4.79 Å². The van der Waals surface area contributed by atoms with Gasteiger partial charge in [0, 0.05) is 0 Å². The SMILES string of the molecule is CCCCCC1C=CCC(C(=O)O)CCC1. The number of rotatable bonds is 5. The second-order valence-electron chi connectivity index (χ2n) is 4.89. The fourth-order valence-corrected chi connectivity index (χ4v) is 2.40. The van der Waals surface area contributed by atoms with E-state index in [-0.39, 0.29) is 5.92 Å². The third kappa shape index (κ3) is 4.82. The minimum absolute atomic E-state index is 0.146. The van der Waals surface area contributed by atoms with Crippen LogP contribution in [0, 0.1) is 11.8 Å². The summed E-state index contributed by atoms with van der Waals surface area (Å²) in [5, 5.41) is 8.96. The molecule has 0 bridgehead atoms. The summed E-state index contributed by atoms with van der Waals surface area (Å²) < 4.78 is 0. The van der Waals surface area contributed by atoms with Crippen LogP contribution < -0.4 is 0 Å². The van der Waals surface area contributed by atoms with Crippen molar-refractivity contribution in [2.24, 2.45) is 11.8 Å². The van der Waals surface area contributed by atoms with E-state index in [0.717, 1.165) is 19.3 Å². The number of carboxylic acids is 1. The number of carboxylic acid groups (broad SMARTS) is 1. The van der Waals surface area contributed by atoms with E-state index in [9.17, 15) is 4.79 Å². The average molecular weight is 224 g/mol. The molecule has 2 nitrogen and oxygen atoms in total. The molecule has 1 aliphatic carbocycles. The molecule has 0 heterocycles. The molecule has 0 amide bonds. The number of allylic oxidation sites excluding steroid dienone is 2. The molecule has 1 aliphatic rings. The fraction of sp³-hybridized carbons (Fsp3) is 0.786. The third-order valence-electron chi connectivity index (χ3n) is 3.48. The lowest BCUT2D eigenvalue weighted by Crippen LogP contribution is -2.14. The van der Waals surface area contributed by atoms with Gasteiger partial charge in [-0.15, -0.1) is 0 Å². The van der Waals surface area contributed by atoms with Crippen LogP contribution in [0.4, 0.5) is 0 Å². The monoisotopic (exact) mass is 224 g/mol. The summed E-state index contributed by atoms with van der Waals surface area (Å²) in [6.45, 7) is 2.23. The van der Waals surface area contributed by atoms with Gasteiger partial charge in [0.15, 0.2) is 0 Å². The van der Waals surface area contributed by atoms with E-state index in [1.165, 1.54) is 32.1 Å². The molecule has 2 unspecified atom stereocenters. The summed E-state index contributed by atoms with van der Waals surface area (Å²) in [7, 11) is 0. The van der Waals surface area contributed by atoms with Crippen LogP contribution >= 0.6 is 0 Å². The molecule has 0 aliphatic heterocycles. The fourth-order valence-electron chi connectivity index (χ4n) is 2.40. The van der Waals surface area contributed by atoms with Crippen LogP contribution in [0.15, 0.2) is 12.2 Å². The maximum Gasteiger partial charge on any atom is 0.306 e. The van der Waals surface area contributed by atoms with Crippen LogP contribution in [0.2, 0.25) is 0 Å². The van der Waals surface area contributed by atoms with Crippen LogP contribution in [-0.4, -0.2) is 11.1 Å². The minimum atomic E-state index is -0.630. The van der Waals surface area contributed by atoms with E-state index in [4.69, 9.17) is 5.11 Å². The molecule has 0 fully saturated rings. The summed E-state index contributed by atoms with van der Waals surface area (Å²) in [6.07, 6.45) is 13.3. The maximum absolute atomic E-state index is 10.9. The van der Waals surface area contributed by atoms with Gasteiger partial charge in [0.2, 0.25) is 0 Å². The second kappa shape index (κ2) is 7.48.